The number of nitrogens with zero attached hydrogens (tertiary/aromatic N) is 4. The number of urea groups is 1. The molecule has 0 spiro atoms. The van der Waals surface area contributed by atoms with Crippen molar-refractivity contribution in [1.82, 2.24) is 19.6 Å². The Balaban J connectivity index is 1.87. The fourth-order valence-corrected chi connectivity index (χ4v) is 3.63. The van der Waals surface area contributed by atoms with Gasteiger partial charge in [0.25, 0.3) is 0 Å². The fraction of sp³-hybridized carbons (Fsp3) is 0.833. The Morgan fingerprint density at radius 3 is 2.31 bits per heavy atom. The third-order valence-corrected chi connectivity index (χ3v) is 5.23. The van der Waals surface area contributed by atoms with E-state index in [2.05, 4.69) is 4.90 Å². The fourth-order valence-electron chi connectivity index (χ4n) is 3.63. The van der Waals surface area contributed by atoms with E-state index >= 15 is 0 Å². The molecule has 0 saturated carbocycles. The van der Waals surface area contributed by atoms with Crippen molar-refractivity contribution in [2.24, 2.45) is 5.92 Å². The topological polar surface area (TPSA) is 73.4 Å². The van der Waals surface area contributed by atoms with E-state index in [9.17, 15) is 14.4 Å². The minimum atomic E-state index is -0.243. The lowest BCUT2D eigenvalue weighted by molar-refractivity contribution is -0.152. The molecule has 26 heavy (non-hydrogen) atoms. The van der Waals surface area contributed by atoms with Gasteiger partial charge in [-0.25, -0.2) is 4.79 Å². The number of carbonyl (C=O) groups is 3. The minimum absolute atomic E-state index is 0.0111. The summed E-state index contributed by atoms with van der Waals surface area (Å²) < 4.78 is 5.11. The van der Waals surface area contributed by atoms with E-state index in [0.717, 1.165) is 12.8 Å². The predicted octanol–water partition coefficient (Wildman–Crippen LogP) is 0.476. The monoisotopic (exact) mass is 368 g/mol. The van der Waals surface area contributed by atoms with Crippen LogP contribution in [0.1, 0.15) is 26.7 Å². The van der Waals surface area contributed by atoms with Gasteiger partial charge in [-0.15, -0.1) is 0 Å². The van der Waals surface area contributed by atoms with Crippen molar-refractivity contribution in [2.75, 3.05) is 60.0 Å². The number of hydrogen-bond donors (Lipinski definition) is 0. The largest absolute Gasteiger partial charge is 0.466 e. The number of piperidine rings is 1. The van der Waals surface area contributed by atoms with Gasteiger partial charge in [-0.2, -0.15) is 0 Å². The van der Waals surface area contributed by atoms with E-state index in [0.29, 0.717) is 45.9 Å². The maximum absolute atomic E-state index is 12.9. The van der Waals surface area contributed by atoms with E-state index in [1.165, 1.54) is 0 Å². The molecular formula is C18H32N4O4. The van der Waals surface area contributed by atoms with E-state index in [4.69, 9.17) is 4.74 Å². The number of rotatable bonds is 4. The molecule has 0 aromatic rings. The van der Waals surface area contributed by atoms with Gasteiger partial charge in [0, 0.05) is 53.4 Å². The normalized spacial score (nSPS) is 22.7. The average molecular weight is 368 g/mol. The Bertz CT molecular complexity index is 517. The molecule has 0 radical (unpaired) electrons. The average Bonchev–Trinajstić information content (AvgIpc) is 2.66. The van der Waals surface area contributed by atoms with Crippen molar-refractivity contribution < 1.29 is 19.1 Å². The summed E-state index contributed by atoms with van der Waals surface area (Å²) in [5, 5.41) is 0. The molecule has 0 N–H and O–H groups in total. The smallest absolute Gasteiger partial charge is 0.319 e. The summed E-state index contributed by atoms with van der Waals surface area (Å²) in [6, 6.07) is -0.232. The lowest BCUT2D eigenvalue weighted by Crippen LogP contribution is -2.57. The summed E-state index contributed by atoms with van der Waals surface area (Å²) in [4.78, 5) is 44.2. The second-order valence-corrected chi connectivity index (χ2v) is 7.25. The quantitative estimate of drug-likeness (QED) is 0.675. The lowest BCUT2D eigenvalue weighted by atomic mass is 9.97. The Labute approximate surface area is 156 Å². The summed E-state index contributed by atoms with van der Waals surface area (Å²) in [5.74, 6) is -0.353. The molecule has 2 heterocycles. The molecule has 2 fully saturated rings. The minimum Gasteiger partial charge on any atom is -0.466 e. The van der Waals surface area contributed by atoms with E-state index < -0.39 is 0 Å². The van der Waals surface area contributed by atoms with Crippen LogP contribution in [0.5, 0.6) is 0 Å². The molecule has 2 saturated heterocycles. The van der Waals surface area contributed by atoms with Gasteiger partial charge in [0.05, 0.1) is 18.6 Å². The number of esters is 1. The summed E-state index contributed by atoms with van der Waals surface area (Å²) in [6.45, 7) is 7.84. The van der Waals surface area contributed by atoms with Gasteiger partial charge in [0.15, 0.2) is 0 Å². The second-order valence-electron chi connectivity index (χ2n) is 7.25. The molecule has 8 nitrogen and oxygen atoms in total. The molecule has 2 aliphatic heterocycles. The van der Waals surface area contributed by atoms with Crippen LogP contribution in [0.25, 0.3) is 0 Å². The molecule has 2 atom stereocenters. The van der Waals surface area contributed by atoms with Crippen LogP contribution in [0, 0.1) is 5.92 Å². The summed E-state index contributed by atoms with van der Waals surface area (Å²) in [5.41, 5.74) is 0. The standard InChI is InChI=1S/C18H32N4O4/c1-5-26-17(24)15-7-6-8-22(13-15)16(23)14(2)20-9-11-21(12-10-20)18(25)19(3)4/h14-15H,5-13H2,1-4H3. The maximum atomic E-state index is 12.9. The first kappa shape index (κ1) is 20.5. The SMILES string of the molecule is CCOC(=O)C1CCCN(C(=O)C(C)N2CCN(C(=O)N(C)C)CC2)C1. The Morgan fingerprint density at radius 1 is 1.08 bits per heavy atom. The molecule has 2 unspecified atom stereocenters. The third-order valence-electron chi connectivity index (χ3n) is 5.23. The van der Waals surface area contributed by atoms with Crippen molar-refractivity contribution in [3.8, 4) is 0 Å². The zero-order valence-corrected chi connectivity index (χ0v) is 16.4. The van der Waals surface area contributed by atoms with Crippen LogP contribution < -0.4 is 0 Å². The highest BCUT2D eigenvalue weighted by molar-refractivity contribution is 5.83. The summed E-state index contributed by atoms with van der Waals surface area (Å²) in [7, 11) is 3.49. The first-order valence-electron chi connectivity index (χ1n) is 9.50. The Morgan fingerprint density at radius 2 is 1.73 bits per heavy atom. The van der Waals surface area contributed by atoms with Gasteiger partial charge in [-0.1, -0.05) is 0 Å². The van der Waals surface area contributed by atoms with Gasteiger partial charge >= 0.3 is 12.0 Å². The highest BCUT2D eigenvalue weighted by atomic mass is 16.5. The van der Waals surface area contributed by atoms with E-state index in [-0.39, 0.29) is 29.9 Å². The van der Waals surface area contributed by atoms with Crippen molar-refractivity contribution in [3.05, 3.63) is 0 Å². The predicted molar refractivity (Wildman–Crippen MR) is 97.6 cm³/mol. The van der Waals surface area contributed by atoms with Crippen LogP contribution in [0.3, 0.4) is 0 Å². The van der Waals surface area contributed by atoms with Crippen LogP contribution in [-0.4, -0.2) is 104 Å². The highest BCUT2D eigenvalue weighted by Gasteiger charge is 2.34. The maximum Gasteiger partial charge on any atom is 0.319 e. The van der Waals surface area contributed by atoms with Crippen molar-refractivity contribution in [1.29, 1.82) is 0 Å². The van der Waals surface area contributed by atoms with Crippen LogP contribution >= 0.6 is 0 Å². The van der Waals surface area contributed by atoms with Crippen molar-refractivity contribution >= 4 is 17.9 Å². The molecule has 0 bridgehead atoms. The van der Waals surface area contributed by atoms with Crippen LogP contribution in [0.2, 0.25) is 0 Å². The zero-order valence-electron chi connectivity index (χ0n) is 16.4. The molecule has 3 amide bonds. The number of likely N-dealkylation sites (tertiary alicyclic amines) is 1. The van der Waals surface area contributed by atoms with Gasteiger partial charge in [0.2, 0.25) is 5.91 Å². The molecule has 2 rings (SSSR count). The molecule has 2 aliphatic rings. The lowest BCUT2D eigenvalue weighted by Gasteiger charge is -2.40. The van der Waals surface area contributed by atoms with Gasteiger partial charge in [-0.05, 0) is 26.7 Å². The number of carbonyl (C=O) groups excluding carboxylic acids is 3. The molecule has 8 heteroatoms. The van der Waals surface area contributed by atoms with E-state index in [1.807, 2.05) is 11.8 Å². The highest BCUT2D eigenvalue weighted by Crippen LogP contribution is 2.20. The molecule has 0 aromatic heterocycles. The number of amides is 3. The second kappa shape index (κ2) is 9.21. The van der Waals surface area contributed by atoms with Crippen LogP contribution in [0.15, 0.2) is 0 Å². The van der Waals surface area contributed by atoms with Crippen molar-refractivity contribution in [3.63, 3.8) is 0 Å². The number of ether oxygens (including phenoxy) is 1. The molecule has 148 valence electrons. The molecular weight excluding hydrogens is 336 g/mol. The zero-order chi connectivity index (χ0) is 19.3. The Kier molecular flexibility index (Phi) is 7.25. The number of hydrogen-bond acceptors (Lipinski definition) is 5. The van der Waals surface area contributed by atoms with Crippen molar-refractivity contribution in [2.45, 2.75) is 32.7 Å². The first-order chi connectivity index (χ1) is 12.3. The van der Waals surface area contributed by atoms with Gasteiger partial charge < -0.3 is 19.4 Å². The van der Waals surface area contributed by atoms with Crippen LogP contribution in [-0.2, 0) is 14.3 Å². The van der Waals surface area contributed by atoms with E-state index in [1.54, 1.807) is 30.8 Å². The van der Waals surface area contributed by atoms with Gasteiger partial charge in [-0.3, -0.25) is 14.5 Å². The van der Waals surface area contributed by atoms with Gasteiger partial charge in [0.1, 0.15) is 0 Å². The van der Waals surface area contributed by atoms with Crippen LogP contribution in [0.4, 0.5) is 4.79 Å². The Hall–Kier alpha value is -1.83. The summed E-state index contributed by atoms with van der Waals surface area (Å²) in [6.07, 6.45) is 1.61. The number of piperazine rings is 1. The summed E-state index contributed by atoms with van der Waals surface area (Å²) >= 11 is 0. The first-order valence-corrected chi connectivity index (χ1v) is 9.50. The molecule has 0 aliphatic carbocycles. The molecule has 0 aromatic carbocycles. The third kappa shape index (κ3) is 4.87.